The Bertz CT molecular complexity index is 352. The first-order chi connectivity index (χ1) is 8.20. The van der Waals surface area contributed by atoms with E-state index in [1.807, 2.05) is 0 Å². The molecule has 0 atom stereocenters. The number of nitrogens with two attached hydrogens (primary N) is 1. The summed E-state index contributed by atoms with van der Waals surface area (Å²) in [4.78, 5) is 0. The molecule has 0 amide bonds. The smallest absolute Gasteiger partial charge is 0.0389 e. The first-order valence-electron chi connectivity index (χ1n) is 7.12. The summed E-state index contributed by atoms with van der Waals surface area (Å²) in [6, 6.07) is 0. The maximum Gasteiger partial charge on any atom is 0.0389 e. The molecule has 0 aromatic heterocycles. The molecule has 0 saturated heterocycles. The fourth-order valence-corrected chi connectivity index (χ4v) is 3.47. The van der Waals surface area contributed by atoms with Gasteiger partial charge in [0.2, 0.25) is 0 Å². The maximum absolute atomic E-state index is 6.46. The molecule has 1 heteroatoms. The fourth-order valence-electron chi connectivity index (χ4n) is 3.47. The lowest BCUT2D eigenvalue weighted by molar-refractivity contribution is 0.784. The molecule has 1 nitrogen and oxygen atoms in total. The largest absolute Gasteiger partial charge is 0.398 e. The predicted molar refractivity (Wildman–Crippen MR) is 82.6 cm³/mol. The van der Waals surface area contributed by atoms with Gasteiger partial charge in [0.05, 0.1) is 0 Å². The summed E-state index contributed by atoms with van der Waals surface area (Å²) in [5.74, 6) is 1.53. The summed E-state index contributed by atoms with van der Waals surface area (Å²) in [6.07, 6.45) is 0. The van der Waals surface area contributed by atoms with E-state index < -0.39 is 0 Å². The Morgan fingerprint density at radius 3 is 1.11 bits per heavy atom. The van der Waals surface area contributed by atoms with Crippen LogP contribution in [0.3, 0.4) is 0 Å². The second-order valence-electron chi connectivity index (χ2n) is 6.37. The van der Waals surface area contributed by atoms with Crippen LogP contribution >= 0.6 is 0 Å². The van der Waals surface area contributed by atoms with Crippen LogP contribution in [0.15, 0.2) is 0 Å². The Labute approximate surface area is 113 Å². The Morgan fingerprint density at radius 2 is 0.889 bits per heavy atom. The van der Waals surface area contributed by atoms with Gasteiger partial charge < -0.3 is 5.73 Å². The fraction of sp³-hybridized carbons (Fsp3) is 0.647. The van der Waals surface area contributed by atoms with Gasteiger partial charge in [-0.05, 0) is 59.4 Å². The molecule has 0 saturated carbocycles. The monoisotopic (exact) mass is 247 g/mol. The Kier molecular flexibility index (Phi) is 4.47. The van der Waals surface area contributed by atoms with Crippen molar-refractivity contribution in [3.8, 4) is 0 Å². The van der Waals surface area contributed by atoms with Crippen molar-refractivity contribution < 1.29 is 0 Å². The molecule has 0 aliphatic heterocycles. The van der Waals surface area contributed by atoms with Crippen molar-refractivity contribution in [2.24, 2.45) is 0 Å². The van der Waals surface area contributed by atoms with Crippen molar-refractivity contribution in [2.45, 2.75) is 73.1 Å². The second-order valence-corrected chi connectivity index (χ2v) is 6.37. The van der Waals surface area contributed by atoms with Crippen LogP contribution in [0.2, 0.25) is 0 Å². The van der Waals surface area contributed by atoms with E-state index in [-0.39, 0.29) is 0 Å². The summed E-state index contributed by atoms with van der Waals surface area (Å²) in [6.45, 7) is 18.0. The number of hydrogen-bond acceptors (Lipinski definition) is 1. The third-order valence-electron chi connectivity index (χ3n) is 3.93. The van der Waals surface area contributed by atoms with E-state index in [0.717, 1.165) is 5.69 Å². The topological polar surface area (TPSA) is 26.0 Å². The molecule has 2 N–H and O–H groups in total. The molecular formula is C17H29N. The van der Waals surface area contributed by atoms with Gasteiger partial charge in [0.25, 0.3) is 0 Å². The minimum Gasteiger partial charge on any atom is -0.398 e. The van der Waals surface area contributed by atoms with E-state index in [1.165, 1.54) is 27.8 Å². The molecule has 0 unspecified atom stereocenters. The van der Waals surface area contributed by atoms with Crippen molar-refractivity contribution in [3.63, 3.8) is 0 Å². The van der Waals surface area contributed by atoms with Crippen LogP contribution in [-0.4, -0.2) is 0 Å². The van der Waals surface area contributed by atoms with Crippen LogP contribution in [0, 0.1) is 13.8 Å². The molecule has 1 aromatic carbocycles. The molecule has 0 radical (unpaired) electrons. The number of rotatable bonds is 3. The quantitative estimate of drug-likeness (QED) is 0.725. The van der Waals surface area contributed by atoms with E-state index in [2.05, 4.69) is 55.4 Å². The normalized spacial score (nSPS) is 11.9. The zero-order chi connectivity index (χ0) is 14.2. The number of anilines is 1. The van der Waals surface area contributed by atoms with Gasteiger partial charge in [-0.3, -0.25) is 0 Å². The predicted octanol–water partition coefficient (Wildman–Crippen LogP) is 5.26. The van der Waals surface area contributed by atoms with E-state index in [1.54, 1.807) is 0 Å². The molecule has 102 valence electrons. The first-order valence-corrected chi connectivity index (χ1v) is 7.12. The highest BCUT2D eigenvalue weighted by atomic mass is 14.6. The van der Waals surface area contributed by atoms with Crippen LogP contribution in [-0.2, 0) is 0 Å². The molecule has 0 bridgehead atoms. The molecule has 18 heavy (non-hydrogen) atoms. The lowest BCUT2D eigenvalue weighted by atomic mass is 9.80. The van der Waals surface area contributed by atoms with Gasteiger partial charge in [0.1, 0.15) is 0 Å². The standard InChI is InChI=1S/C17H29N/c1-9(2)14-12(7)15(10(3)4)17(18)16(11(5)6)13(14)8/h9-11H,18H2,1-8H3. The van der Waals surface area contributed by atoms with Gasteiger partial charge in [0.15, 0.2) is 0 Å². The van der Waals surface area contributed by atoms with Crippen molar-refractivity contribution in [2.75, 3.05) is 5.73 Å². The van der Waals surface area contributed by atoms with E-state index in [9.17, 15) is 0 Å². The molecule has 0 spiro atoms. The second kappa shape index (κ2) is 5.34. The number of benzene rings is 1. The summed E-state index contributed by atoms with van der Waals surface area (Å²) in [5, 5.41) is 0. The SMILES string of the molecule is Cc1c(C(C)C)c(C)c(C(C)C)c(N)c1C(C)C. The minimum absolute atomic E-state index is 0.487. The molecule has 0 fully saturated rings. The lowest BCUT2D eigenvalue weighted by Crippen LogP contribution is -2.12. The third kappa shape index (κ3) is 2.41. The minimum atomic E-state index is 0.487. The average molecular weight is 247 g/mol. The van der Waals surface area contributed by atoms with Gasteiger partial charge in [0, 0.05) is 5.69 Å². The summed E-state index contributed by atoms with van der Waals surface area (Å²) < 4.78 is 0. The Balaban J connectivity index is 3.76. The van der Waals surface area contributed by atoms with Gasteiger partial charge in [-0.1, -0.05) is 41.5 Å². The highest BCUT2D eigenvalue weighted by Crippen LogP contribution is 2.40. The molecule has 1 aromatic rings. The van der Waals surface area contributed by atoms with Crippen molar-refractivity contribution in [1.29, 1.82) is 0 Å². The van der Waals surface area contributed by atoms with Crippen LogP contribution in [0.5, 0.6) is 0 Å². The zero-order valence-corrected chi connectivity index (χ0v) is 13.3. The molecule has 0 heterocycles. The molecule has 1 rings (SSSR count). The maximum atomic E-state index is 6.46. The summed E-state index contributed by atoms with van der Waals surface area (Å²) in [7, 11) is 0. The Morgan fingerprint density at radius 1 is 0.611 bits per heavy atom. The van der Waals surface area contributed by atoms with Gasteiger partial charge in [-0.25, -0.2) is 0 Å². The molecular weight excluding hydrogens is 218 g/mol. The van der Waals surface area contributed by atoms with Crippen molar-refractivity contribution in [1.82, 2.24) is 0 Å². The first kappa shape index (κ1) is 15.1. The molecule has 0 aliphatic rings. The zero-order valence-electron chi connectivity index (χ0n) is 13.3. The number of nitrogen functional groups attached to an aromatic ring is 1. The van der Waals surface area contributed by atoms with E-state index >= 15 is 0 Å². The van der Waals surface area contributed by atoms with Crippen LogP contribution in [0.1, 0.15) is 87.1 Å². The highest BCUT2D eigenvalue weighted by Gasteiger charge is 2.22. The van der Waals surface area contributed by atoms with E-state index in [4.69, 9.17) is 5.73 Å². The van der Waals surface area contributed by atoms with Crippen molar-refractivity contribution >= 4 is 5.69 Å². The average Bonchev–Trinajstić information content (AvgIpc) is 2.14. The number of hydrogen-bond donors (Lipinski definition) is 1. The van der Waals surface area contributed by atoms with Crippen LogP contribution in [0.4, 0.5) is 5.69 Å². The third-order valence-corrected chi connectivity index (χ3v) is 3.93. The van der Waals surface area contributed by atoms with Gasteiger partial charge >= 0.3 is 0 Å². The summed E-state index contributed by atoms with van der Waals surface area (Å²) >= 11 is 0. The molecule has 0 aliphatic carbocycles. The lowest BCUT2D eigenvalue weighted by Gasteiger charge is -2.27. The van der Waals surface area contributed by atoms with Crippen molar-refractivity contribution in [3.05, 3.63) is 27.8 Å². The van der Waals surface area contributed by atoms with Gasteiger partial charge in [-0.2, -0.15) is 0 Å². The summed E-state index contributed by atoms with van der Waals surface area (Å²) in [5.41, 5.74) is 14.5. The van der Waals surface area contributed by atoms with Crippen LogP contribution in [0.25, 0.3) is 0 Å². The Hall–Kier alpha value is -0.980. The van der Waals surface area contributed by atoms with E-state index in [0.29, 0.717) is 17.8 Å². The van der Waals surface area contributed by atoms with Crippen LogP contribution < -0.4 is 5.73 Å². The highest BCUT2D eigenvalue weighted by molar-refractivity contribution is 5.65. The van der Waals surface area contributed by atoms with Gasteiger partial charge in [-0.15, -0.1) is 0 Å².